The summed E-state index contributed by atoms with van der Waals surface area (Å²) < 4.78 is 0. The Balaban J connectivity index is 1.44. The standard InChI is InChI=1S/C24H27ClN4O/c1-17(2)29-16-24(22(29)19-6-8-20(25)9-7-19)10-12-28(13-11-24)23(30)27-21-5-3-4-18(14-21)15-26/h3-9,14,17,22H,10-13,16H2,1-2H3,(H,27,30). The fourth-order valence-corrected chi connectivity index (χ4v) is 5.03. The molecule has 6 heteroatoms. The molecule has 0 bridgehead atoms. The van der Waals surface area contributed by atoms with Crippen LogP contribution in [0.25, 0.3) is 0 Å². The molecule has 1 unspecified atom stereocenters. The summed E-state index contributed by atoms with van der Waals surface area (Å²) in [6.45, 7) is 7.03. The maximum atomic E-state index is 12.8. The van der Waals surface area contributed by atoms with Gasteiger partial charge in [0.25, 0.3) is 0 Å². The van der Waals surface area contributed by atoms with Crippen LogP contribution in [0.1, 0.15) is 43.9 Å². The molecule has 0 saturated carbocycles. The molecule has 0 aromatic heterocycles. The van der Waals surface area contributed by atoms with Gasteiger partial charge in [-0.2, -0.15) is 5.26 Å². The lowest BCUT2D eigenvalue weighted by molar-refractivity contribution is -0.123. The Morgan fingerprint density at radius 2 is 1.90 bits per heavy atom. The highest BCUT2D eigenvalue weighted by Crippen LogP contribution is 2.55. The van der Waals surface area contributed by atoms with E-state index in [1.807, 2.05) is 23.1 Å². The Hall–Kier alpha value is -2.55. The van der Waals surface area contributed by atoms with E-state index >= 15 is 0 Å². The van der Waals surface area contributed by atoms with Gasteiger partial charge in [-0.3, -0.25) is 4.90 Å². The van der Waals surface area contributed by atoms with Crippen LogP contribution in [0.15, 0.2) is 48.5 Å². The Labute approximate surface area is 183 Å². The maximum absolute atomic E-state index is 12.8. The van der Waals surface area contributed by atoms with E-state index in [1.165, 1.54) is 5.56 Å². The van der Waals surface area contributed by atoms with Crippen molar-refractivity contribution < 1.29 is 4.79 Å². The van der Waals surface area contributed by atoms with Crippen LogP contribution in [0.3, 0.4) is 0 Å². The molecule has 2 amide bonds. The Bertz CT molecular complexity index is 958. The van der Waals surface area contributed by atoms with E-state index in [-0.39, 0.29) is 11.4 Å². The van der Waals surface area contributed by atoms with Gasteiger partial charge in [0, 0.05) is 47.8 Å². The van der Waals surface area contributed by atoms with E-state index in [4.69, 9.17) is 16.9 Å². The van der Waals surface area contributed by atoms with Crippen molar-refractivity contribution >= 4 is 23.3 Å². The van der Waals surface area contributed by atoms with Crippen molar-refractivity contribution in [3.05, 3.63) is 64.7 Å². The number of urea groups is 1. The molecular formula is C24H27ClN4O. The van der Waals surface area contributed by atoms with Crippen molar-refractivity contribution in [3.63, 3.8) is 0 Å². The minimum Gasteiger partial charge on any atom is -0.324 e. The number of nitriles is 1. The minimum atomic E-state index is -0.0944. The van der Waals surface area contributed by atoms with E-state index in [2.05, 4.69) is 42.3 Å². The number of anilines is 1. The van der Waals surface area contributed by atoms with E-state index in [0.717, 1.165) is 37.5 Å². The van der Waals surface area contributed by atoms with Crippen LogP contribution >= 0.6 is 11.6 Å². The second-order valence-corrected chi connectivity index (χ2v) is 9.13. The molecular weight excluding hydrogens is 396 g/mol. The number of nitrogens with zero attached hydrogens (tertiary/aromatic N) is 3. The molecule has 2 aromatic rings. The number of benzene rings is 2. The first kappa shape index (κ1) is 20.7. The first-order valence-corrected chi connectivity index (χ1v) is 10.9. The molecule has 156 valence electrons. The highest BCUT2D eigenvalue weighted by atomic mass is 35.5. The second-order valence-electron chi connectivity index (χ2n) is 8.69. The van der Waals surface area contributed by atoms with Crippen LogP contribution in [0.5, 0.6) is 0 Å². The summed E-state index contributed by atoms with van der Waals surface area (Å²) >= 11 is 6.11. The van der Waals surface area contributed by atoms with Gasteiger partial charge in [0.1, 0.15) is 0 Å². The molecule has 4 rings (SSSR count). The van der Waals surface area contributed by atoms with Gasteiger partial charge < -0.3 is 10.2 Å². The van der Waals surface area contributed by atoms with Crippen molar-refractivity contribution in [2.75, 3.05) is 25.0 Å². The van der Waals surface area contributed by atoms with Gasteiger partial charge in [-0.15, -0.1) is 0 Å². The van der Waals surface area contributed by atoms with Crippen LogP contribution in [-0.4, -0.2) is 41.5 Å². The summed E-state index contributed by atoms with van der Waals surface area (Å²) in [5.41, 5.74) is 2.72. The van der Waals surface area contributed by atoms with Crippen molar-refractivity contribution in [2.45, 2.75) is 38.8 Å². The van der Waals surface area contributed by atoms with E-state index in [9.17, 15) is 4.79 Å². The maximum Gasteiger partial charge on any atom is 0.321 e. The third kappa shape index (κ3) is 3.90. The molecule has 2 aliphatic rings. The van der Waals surface area contributed by atoms with Gasteiger partial charge >= 0.3 is 6.03 Å². The zero-order valence-corrected chi connectivity index (χ0v) is 18.2. The zero-order valence-electron chi connectivity index (χ0n) is 17.4. The quantitative estimate of drug-likeness (QED) is 0.730. The highest BCUT2D eigenvalue weighted by Gasteiger charge is 2.54. The second kappa shape index (κ2) is 8.29. The molecule has 0 aliphatic carbocycles. The predicted octanol–water partition coefficient (Wildman–Crippen LogP) is 5.29. The minimum absolute atomic E-state index is 0.0944. The molecule has 5 nitrogen and oxygen atoms in total. The van der Waals surface area contributed by atoms with Crippen molar-refractivity contribution in [3.8, 4) is 6.07 Å². The van der Waals surface area contributed by atoms with E-state index in [1.54, 1.807) is 18.2 Å². The predicted molar refractivity (Wildman–Crippen MR) is 119 cm³/mol. The number of rotatable bonds is 3. The number of piperidine rings is 1. The fraction of sp³-hybridized carbons (Fsp3) is 0.417. The third-order valence-electron chi connectivity index (χ3n) is 6.55. The number of likely N-dealkylation sites (tertiary alicyclic amines) is 2. The molecule has 2 heterocycles. The molecule has 2 aromatic carbocycles. The molecule has 1 spiro atoms. The van der Waals surface area contributed by atoms with Crippen LogP contribution in [0.2, 0.25) is 5.02 Å². The Morgan fingerprint density at radius 3 is 2.53 bits per heavy atom. The summed E-state index contributed by atoms with van der Waals surface area (Å²) in [4.78, 5) is 17.2. The summed E-state index contributed by atoms with van der Waals surface area (Å²) in [5, 5.41) is 12.7. The van der Waals surface area contributed by atoms with Gasteiger partial charge in [0.2, 0.25) is 0 Å². The summed E-state index contributed by atoms with van der Waals surface area (Å²) in [6, 6.07) is 18.1. The normalized spacial score (nSPS) is 20.6. The molecule has 30 heavy (non-hydrogen) atoms. The van der Waals surface area contributed by atoms with Gasteiger partial charge in [0.15, 0.2) is 0 Å². The third-order valence-corrected chi connectivity index (χ3v) is 6.80. The van der Waals surface area contributed by atoms with Gasteiger partial charge in [0.05, 0.1) is 11.6 Å². The highest BCUT2D eigenvalue weighted by molar-refractivity contribution is 6.30. The molecule has 1 N–H and O–H groups in total. The smallest absolute Gasteiger partial charge is 0.321 e. The molecule has 1 atom stereocenters. The summed E-state index contributed by atoms with van der Waals surface area (Å²) in [6.07, 6.45) is 1.96. The largest absolute Gasteiger partial charge is 0.324 e. The topological polar surface area (TPSA) is 59.4 Å². The number of carbonyl (C=O) groups is 1. The number of hydrogen-bond donors (Lipinski definition) is 1. The lowest BCUT2D eigenvalue weighted by Gasteiger charge is -2.62. The molecule has 0 radical (unpaired) electrons. The lowest BCUT2D eigenvalue weighted by Crippen LogP contribution is -2.64. The number of hydrogen-bond acceptors (Lipinski definition) is 3. The molecule has 2 saturated heterocycles. The van der Waals surface area contributed by atoms with Gasteiger partial charge in [-0.25, -0.2) is 4.79 Å². The average molecular weight is 423 g/mol. The van der Waals surface area contributed by atoms with Crippen LogP contribution < -0.4 is 5.32 Å². The van der Waals surface area contributed by atoms with E-state index < -0.39 is 0 Å². The SMILES string of the molecule is CC(C)N1CC2(CCN(C(=O)Nc3cccc(C#N)c3)CC2)C1c1ccc(Cl)cc1. The van der Waals surface area contributed by atoms with Crippen LogP contribution in [-0.2, 0) is 0 Å². The molecule has 2 aliphatic heterocycles. The first-order valence-electron chi connectivity index (χ1n) is 10.5. The number of carbonyl (C=O) groups excluding carboxylic acids is 1. The first-order chi connectivity index (χ1) is 14.4. The van der Waals surface area contributed by atoms with Gasteiger partial charge in [-0.1, -0.05) is 29.8 Å². The number of nitrogens with one attached hydrogen (secondary N) is 1. The van der Waals surface area contributed by atoms with Crippen LogP contribution in [0, 0.1) is 16.7 Å². The number of halogens is 1. The van der Waals surface area contributed by atoms with Crippen LogP contribution in [0.4, 0.5) is 10.5 Å². The fourth-order valence-electron chi connectivity index (χ4n) is 4.91. The molecule has 2 fully saturated rings. The Morgan fingerprint density at radius 1 is 1.20 bits per heavy atom. The Kier molecular flexibility index (Phi) is 5.73. The van der Waals surface area contributed by atoms with Crippen molar-refractivity contribution in [1.82, 2.24) is 9.80 Å². The zero-order chi connectivity index (χ0) is 21.3. The summed E-state index contributed by atoms with van der Waals surface area (Å²) in [5.74, 6) is 0. The van der Waals surface area contributed by atoms with E-state index in [0.29, 0.717) is 23.3 Å². The van der Waals surface area contributed by atoms with Crippen molar-refractivity contribution in [1.29, 1.82) is 5.26 Å². The summed E-state index contributed by atoms with van der Waals surface area (Å²) in [7, 11) is 0. The van der Waals surface area contributed by atoms with Gasteiger partial charge in [-0.05, 0) is 62.6 Å². The monoisotopic (exact) mass is 422 g/mol. The average Bonchev–Trinajstić information content (AvgIpc) is 2.74. The lowest BCUT2D eigenvalue weighted by atomic mass is 9.62. The number of amides is 2. The van der Waals surface area contributed by atoms with Crippen molar-refractivity contribution in [2.24, 2.45) is 5.41 Å².